The molecule has 0 bridgehead atoms. The van der Waals surface area contributed by atoms with Crippen LogP contribution in [0.4, 0.5) is 5.69 Å². The van der Waals surface area contributed by atoms with E-state index < -0.39 is 0 Å². The Morgan fingerprint density at radius 3 is 2.36 bits per heavy atom. The summed E-state index contributed by atoms with van der Waals surface area (Å²) in [5, 5.41) is 15.0. The van der Waals surface area contributed by atoms with Gasteiger partial charge in [-0.1, -0.05) is 42.5 Å². The summed E-state index contributed by atoms with van der Waals surface area (Å²) in [5.41, 5.74) is 4.18. The molecule has 0 aliphatic heterocycles. The van der Waals surface area contributed by atoms with Gasteiger partial charge in [-0.2, -0.15) is 0 Å². The van der Waals surface area contributed by atoms with Gasteiger partial charge in [-0.25, -0.2) is 0 Å². The summed E-state index contributed by atoms with van der Waals surface area (Å²) in [4.78, 5) is 25.5. The number of hydrogen-bond acceptors (Lipinski definition) is 4. The van der Waals surface area contributed by atoms with Crippen LogP contribution < -0.4 is 10.7 Å². The lowest BCUT2D eigenvalue weighted by atomic mass is 10.0. The van der Waals surface area contributed by atoms with Crippen LogP contribution in [0.3, 0.4) is 0 Å². The first-order chi connectivity index (χ1) is 15.9. The Bertz CT molecular complexity index is 1600. The third-order valence-electron chi connectivity index (χ3n) is 5.74. The Hall–Kier alpha value is -4.38. The first-order valence-electron chi connectivity index (χ1n) is 10.6. The van der Waals surface area contributed by atoms with Crippen LogP contribution in [0.1, 0.15) is 21.5 Å². The van der Waals surface area contributed by atoms with Gasteiger partial charge in [0.25, 0.3) is 5.91 Å². The van der Waals surface area contributed by atoms with Crippen molar-refractivity contribution >= 4 is 33.3 Å². The van der Waals surface area contributed by atoms with E-state index in [4.69, 9.17) is 4.42 Å². The van der Waals surface area contributed by atoms with E-state index in [1.807, 2.05) is 32.0 Å². The topological polar surface area (TPSA) is 79.5 Å². The average Bonchev–Trinajstić information content (AvgIpc) is 2.80. The van der Waals surface area contributed by atoms with Crippen molar-refractivity contribution in [2.45, 2.75) is 13.8 Å². The molecule has 2 N–H and O–H groups in total. The fourth-order valence-corrected chi connectivity index (χ4v) is 4.13. The average molecular weight is 435 g/mol. The second-order valence-electron chi connectivity index (χ2n) is 8.14. The van der Waals surface area contributed by atoms with E-state index in [1.165, 1.54) is 6.07 Å². The summed E-state index contributed by atoms with van der Waals surface area (Å²) in [5.74, 6) is 0.342. The second-order valence-corrected chi connectivity index (χ2v) is 8.14. The number of rotatable bonds is 3. The lowest BCUT2D eigenvalue weighted by molar-refractivity contribution is 0.102. The highest BCUT2D eigenvalue weighted by Gasteiger charge is 2.13. The SMILES string of the molecule is Cc1cc(C)c2oc(-c3ccc(C(=O)Nc4cccc5c(O)cccc45)cc3)cc(=O)c2c1. The van der Waals surface area contributed by atoms with Gasteiger partial charge in [0.1, 0.15) is 17.1 Å². The van der Waals surface area contributed by atoms with Crippen LogP contribution in [0.2, 0.25) is 0 Å². The van der Waals surface area contributed by atoms with Gasteiger partial charge in [-0.3, -0.25) is 9.59 Å². The van der Waals surface area contributed by atoms with Crippen molar-refractivity contribution in [2.75, 3.05) is 5.32 Å². The third kappa shape index (κ3) is 3.74. The molecule has 0 saturated carbocycles. The molecule has 1 amide bonds. The highest BCUT2D eigenvalue weighted by atomic mass is 16.3. The number of hydrogen-bond donors (Lipinski definition) is 2. The highest BCUT2D eigenvalue weighted by Crippen LogP contribution is 2.30. The number of phenols is 1. The Kier molecular flexibility index (Phi) is 4.94. The first-order valence-corrected chi connectivity index (χ1v) is 10.6. The van der Waals surface area contributed by atoms with E-state index in [2.05, 4.69) is 5.32 Å². The third-order valence-corrected chi connectivity index (χ3v) is 5.74. The Balaban J connectivity index is 1.45. The standard InChI is InChI=1S/C28H21NO4/c1-16-13-17(2)27-22(14-16)25(31)15-26(33-27)18-9-11-19(12-10-18)28(32)29-23-7-3-6-21-20(23)5-4-8-24(21)30/h3-15,30H,1-2H3,(H,29,32). The molecule has 0 fully saturated rings. The largest absolute Gasteiger partial charge is 0.507 e. The van der Waals surface area contributed by atoms with E-state index in [1.54, 1.807) is 54.6 Å². The highest BCUT2D eigenvalue weighted by molar-refractivity contribution is 6.10. The predicted molar refractivity (Wildman–Crippen MR) is 131 cm³/mol. The first kappa shape index (κ1) is 20.5. The van der Waals surface area contributed by atoms with E-state index in [9.17, 15) is 14.7 Å². The van der Waals surface area contributed by atoms with Crippen molar-refractivity contribution < 1.29 is 14.3 Å². The van der Waals surface area contributed by atoms with E-state index in [-0.39, 0.29) is 17.1 Å². The number of aryl methyl sites for hydroxylation is 2. The zero-order valence-electron chi connectivity index (χ0n) is 18.2. The van der Waals surface area contributed by atoms with E-state index in [0.717, 1.165) is 16.5 Å². The van der Waals surface area contributed by atoms with E-state index in [0.29, 0.717) is 38.9 Å². The number of benzene rings is 4. The number of phenolic OH excluding ortho intramolecular Hbond substituents is 1. The summed E-state index contributed by atoms with van der Waals surface area (Å²) in [7, 11) is 0. The van der Waals surface area contributed by atoms with Crippen molar-refractivity contribution in [2.24, 2.45) is 0 Å². The molecule has 0 saturated heterocycles. The number of anilines is 1. The molecule has 33 heavy (non-hydrogen) atoms. The van der Waals surface area contributed by atoms with Gasteiger partial charge in [0.05, 0.1) is 5.39 Å². The monoisotopic (exact) mass is 435 g/mol. The van der Waals surface area contributed by atoms with Crippen molar-refractivity contribution in [3.05, 3.63) is 106 Å². The van der Waals surface area contributed by atoms with Gasteiger partial charge in [-0.05, 0) is 55.3 Å². The molecule has 1 aromatic heterocycles. The molecule has 4 aromatic carbocycles. The van der Waals surface area contributed by atoms with Crippen molar-refractivity contribution in [3.63, 3.8) is 0 Å². The summed E-state index contributed by atoms with van der Waals surface area (Å²) in [6, 6.07) is 22.8. The lowest BCUT2D eigenvalue weighted by Gasteiger charge is -2.10. The van der Waals surface area contributed by atoms with Gasteiger partial charge in [0, 0.05) is 33.7 Å². The maximum absolute atomic E-state index is 12.8. The van der Waals surface area contributed by atoms with Gasteiger partial charge < -0.3 is 14.8 Å². The number of nitrogens with one attached hydrogen (secondary N) is 1. The molecule has 0 atom stereocenters. The Labute approximate surface area is 189 Å². The van der Waals surface area contributed by atoms with E-state index >= 15 is 0 Å². The zero-order valence-corrected chi connectivity index (χ0v) is 18.2. The van der Waals surface area contributed by atoms with Crippen molar-refractivity contribution in [1.82, 2.24) is 0 Å². The summed E-state index contributed by atoms with van der Waals surface area (Å²) < 4.78 is 6.05. The minimum absolute atomic E-state index is 0.0981. The minimum Gasteiger partial charge on any atom is -0.507 e. The molecule has 0 aliphatic carbocycles. The number of carbonyl (C=O) groups is 1. The van der Waals surface area contributed by atoms with Gasteiger partial charge in [0.2, 0.25) is 0 Å². The molecular formula is C28H21NO4. The Morgan fingerprint density at radius 1 is 0.848 bits per heavy atom. The summed E-state index contributed by atoms with van der Waals surface area (Å²) in [6.07, 6.45) is 0. The molecule has 0 aliphatic rings. The second kappa shape index (κ2) is 7.95. The fourth-order valence-electron chi connectivity index (χ4n) is 4.13. The number of amides is 1. The van der Waals surface area contributed by atoms with Crippen LogP contribution in [0.25, 0.3) is 33.1 Å². The van der Waals surface area contributed by atoms with Gasteiger partial charge in [-0.15, -0.1) is 0 Å². The molecule has 5 rings (SSSR count). The lowest BCUT2D eigenvalue weighted by Crippen LogP contribution is -2.12. The molecule has 1 heterocycles. The molecule has 0 radical (unpaired) electrons. The summed E-state index contributed by atoms with van der Waals surface area (Å²) in [6.45, 7) is 3.87. The van der Waals surface area contributed by atoms with Crippen LogP contribution in [0.5, 0.6) is 5.75 Å². The van der Waals surface area contributed by atoms with Crippen LogP contribution in [-0.2, 0) is 0 Å². The predicted octanol–water partition coefficient (Wildman–Crippen LogP) is 6.19. The zero-order chi connectivity index (χ0) is 23.1. The number of fused-ring (bicyclic) bond motifs is 2. The molecule has 162 valence electrons. The number of carbonyl (C=O) groups excluding carboxylic acids is 1. The number of aromatic hydroxyl groups is 1. The van der Waals surface area contributed by atoms with Crippen molar-refractivity contribution in [1.29, 1.82) is 0 Å². The smallest absolute Gasteiger partial charge is 0.255 e. The Morgan fingerprint density at radius 2 is 1.58 bits per heavy atom. The molecule has 0 unspecified atom stereocenters. The molecular weight excluding hydrogens is 414 g/mol. The quantitative estimate of drug-likeness (QED) is 0.354. The normalized spacial score (nSPS) is 11.1. The van der Waals surface area contributed by atoms with Crippen molar-refractivity contribution in [3.8, 4) is 17.1 Å². The maximum atomic E-state index is 12.8. The molecule has 5 nitrogen and oxygen atoms in total. The van der Waals surface area contributed by atoms with Crippen LogP contribution in [-0.4, -0.2) is 11.0 Å². The van der Waals surface area contributed by atoms with Crippen LogP contribution in [0.15, 0.2) is 88.1 Å². The van der Waals surface area contributed by atoms with Crippen LogP contribution >= 0.6 is 0 Å². The maximum Gasteiger partial charge on any atom is 0.255 e. The summed E-state index contributed by atoms with van der Waals surface area (Å²) >= 11 is 0. The van der Waals surface area contributed by atoms with Crippen LogP contribution in [0, 0.1) is 13.8 Å². The molecule has 5 aromatic rings. The van der Waals surface area contributed by atoms with Gasteiger partial charge >= 0.3 is 0 Å². The molecule has 5 heteroatoms. The molecule has 0 spiro atoms. The fraction of sp³-hybridized carbons (Fsp3) is 0.0714. The van der Waals surface area contributed by atoms with Gasteiger partial charge in [0.15, 0.2) is 5.43 Å². The minimum atomic E-state index is -0.274.